The van der Waals surface area contributed by atoms with Gasteiger partial charge in [-0.2, -0.15) is 5.21 Å². The number of methoxy groups -OCH3 is 1. The van der Waals surface area contributed by atoms with Crippen LogP contribution >= 0.6 is 0 Å². The predicted molar refractivity (Wildman–Crippen MR) is 49.9 cm³/mol. The largest absolute Gasteiger partial charge is 0.771 e. The Hall–Kier alpha value is -1.48. The molecule has 1 aromatic heterocycles. The van der Waals surface area contributed by atoms with Gasteiger partial charge in [-0.3, -0.25) is 4.21 Å². The van der Waals surface area contributed by atoms with E-state index in [2.05, 4.69) is 20.1 Å². The lowest BCUT2D eigenvalue weighted by Crippen LogP contribution is -2.24. The molecule has 1 aromatic rings. The van der Waals surface area contributed by atoms with Crippen LogP contribution in [0.15, 0.2) is 0 Å². The topological polar surface area (TPSA) is 111 Å². The Labute approximate surface area is 87.9 Å². The number of aromatic amines is 1. The van der Waals surface area contributed by atoms with Gasteiger partial charge in [0.1, 0.15) is 0 Å². The molecule has 0 fully saturated rings. The van der Waals surface area contributed by atoms with Crippen molar-refractivity contribution in [2.45, 2.75) is 0 Å². The molecule has 15 heavy (non-hydrogen) atoms. The smallest absolute Gasteiger partial charge is 0.362 e. The van der Waals surface area contributed by atoms with E-state index >= 15 is 0 Å². The third-order valence-corrected chi connectivity index (χ3v) is 2.17. The number of aromatic nitrogens is 3. The minimum Gasteiger partial charge on any atom is -0.771 e. The predicted octanol–water partition coefficient (Wildman–Crippen LogP) is -1.14. The fourth-order valence-corrected chi connectivity index (χ4v) is 1.38. The molecule has 0 aliphatic heterocycles. The number of ether oxygens (including phenoxy) is 1. The van der Waals surface area contributed by atoms with Gasteiger partial charge in [0.25, 0.3) is 0 Å². The summed E-state index contributed by atoms with van der Waals surface area (Å²) in [5, 5.41) is 9.44. The van der Waals surface area contributed by atoms with E-state index in [9.17, 15) is 13.6 Å². The molecule has 0 bridgehead atoms. The van der Waals surface area contributed by atoms with Gasteiger partial charge in [0.05, 0.1) is 13.0 Å². The monoisotopic (exact) mass is 233 g/mol. The van der Waals surface area contributed by atoms with Crippen molar-refractivity contribution >= 4 is 22.9 Å². The van der Waals surface area contributed by atoms with Crippen LogP contribution in [0.2, 0.25) is 0 Å². The van der Waals surface area contributed by atoms with E-state index in [0.717, 1.165) is 0 Å². The zero-order valence-electron chi connectivity index (χ0n) is 8.09. The molecule has 0 saturated carbocycles. The van der Waals surface area contributed by atoms with Crippen LogP contribution in [0.1, 0.15) is 10.5 Å². The normalized spacial score (nSPS) is 12.2. The highest BCUT2D eigenvalue weighted by Gasteiger charge is 2.19. The molecule has 1 unspecified atom stereocenters. The molecule has 0 aromatic carbocycles. The highest BCUT2D eigenvalue weighted by molar-refractivity contribution is 7.79. The lowest BCUT2D eigenvalue weighted by atomic mass is 10.4. The van der Waals surface area contributed by atoms with E-state index in [1.165, 1.54) is 19.1 Å². The van der Waals surface area contributed by atoms with Gasteiger partial charge in [0, 0.05) is 7.05 Å². The van der Waals surface area contributed by atoms with Crippen LogP contribution in [0.4, 0.5) is 5.82 Å². The molecule has 0 amide bonds. The Balaban J connectivity index is 2.89. The Kier molecular flexibility index (Phi) is 3.74. The fraction of sp³-hybridized carbons (Fsp3) is 0.500. The molecule has 1 rings (SSSR count). The third kappa shape index (κ3) is 2.73. The number of rotatable bonds is 4. The zero-order chi connectivity index (χ0) is 11.4. The number of nitrogens with one attached hydrogen (secondary N) is 1. The second kappa shape index (κ2) is 4.84. The summed E-state index contributed by atoms with van der Waals surface area (Å²) in [7, 11) is 2.67. The summed E-state index contributed by atoms with van der Waals surface area (Å²) >= 11 is -2.26. The van der Waals surface area contributed by atoms with Crippen molar-refractivity contribution in [1.82, 2.24) is 15.4 Å². The van der Waals surface area contributed by atoms with Crippen LogP contribution < -0.4 is 4.90 Å². The first-order chi connectivity index (χ1) is 7.06. The SMILES string of the molecule is COC(=O)c1n[nH]nc1N(C)CS(=O)[O-]. The van der Waals surface area contributed by atoms with Crippen molar-refractivity contribution in [3.05, 3.63) is 5.69 Å². The molecule has 0 aliphatic rings. The highest BCUT2D eigenvalue weighted by atomic mass is 32.2. The minimum atomic E-state index is -2.26. The summed E-state index contributed by atoms with van der Waals surface area (Å²) in [5.41, 5.74) is -0.0505. The Morgan fingerprint density at radius 1 is 1.67 bits per heavy atom. The molecule has 0 saturated heterocycles. The zero-order valence-corrected chi connectivity index (χ0v) is 8.91. The number of hydrogen-bond donors (Lipinski definition) is 1. The number of carbonyl (C=O) groups excluding carboxylic acids is 1. The molecular formula is C6H9N4O4S-. The van der Waals surface area contributed by atoms with Gasteiger partial charge < -0.3 is 14.2 Å². The van der Waals surface area contributed by atoms with E-state index in [-0.39, 0.29) is 17.4 Å². The van der Waals surface area contributed by atoms with E-state index < -0.39 is 17.0 Å². The van der Waals surface area contributed by atoms with Gasteiger partial charge in [0.15, 0.2) is 5.82 Å². The van der Waals surface area contributed by atoms with E-state index in [0.29, 0.717) is 0 Å². The Morgan fingerprint density at radius 3 is 2.87 bits per heavy atom. The summed E-state index contributed by atoms with van der Waals surface area (Å²) in [6, 6.07) is 0. The van der Waals surface area contributed by atoms with Crippen LogP contribution in [0.25, 0.3) is 0 Å². The first kappa shape index (κ1) is 11.6. The summed E-state index contributed by atoms with van der Waals surface area (Å²) in [4.78, 5) is 12.4. The van der Waals surface area contributed by atoms with Gasteiger partial charge in [-0.25, -0.2) is 4.79 Å². The molecule has 84 valence electrons. The highest BCUT2D eigenvalue weighted by Crippen LogP contribution is 2.13. The average molecular weight is 233 g/mol. The number of anilines is 1. The van der Waals surface area contributed by atoms with Crippen molar-refractivity contribution < 1.29 is 18.3 Å². The first-order valence-electron chi connectivity index (χ1n) is 3.82. The minimum absolute atomic E-state index is 0.0505. The summed E-state index contributed by atoms with van der Waals surface area (Å²) in [6.45, 7) is 0. The molecule has 0 aliphatic carbocycles. The number of nitrogens with zero attached hydrogens (tertiary/aromatic N) is 3. The standard InChI is InChI=1S/C6H10N4O4S/c1-10(3-15(12)13)5-4(6(11)14-2)7-9-8-5/h3H2,1-2H3,(H,12,13)(H,7,8,9)/p-1. The van der Waals surface area contributed by atoms with Gasteiger partial charge >= 0.3 is 5.97 Å². The van der Waals surface area contributed by atoms with Crippen molar-refractivity contribution in [3.63, 3.8) is 0 Å². The number of carbonyl (C=O) groups is 1. The van der Waals surface area contributed by atoms with Gasteiger partial charge in [-0.1, -0.05) is 0 Å². The van der Waals surface area contributed by atoms with Gasteiger partial charge in [0.2, 0.25) is 5.69 Å². The lowest BCUT2D eigenvalue weighted by molar-refractivity contribution is 0.0594. The molecule has 1 atom stereocenters. The second-order valence-corrected chi connectivity index (χ2v) is 3.48. The maximum Gasteiger partial charge on any atom is 0.362 e. The number of hydrogen-bond acceptors (Lipinski definition) is 7. The van der Waals surface area contributed by atoms with Crippen LogP contribution in [0.5, 0.6) is 0 Å². The van der Waals surface area contributed by atoms with Crippen LogP contribution in [0.3, 0.4) is 0 Å². The summed E-state index contributed by atoms with van der Waals surface area (Å²) in [6.07, 6.45) is 0. The molecule has 0 radical (unpaired) electrons. The Morgan fingerprint density at radius 2 is 2.33 bits per heavy atom. The van der Waals surface area contributed by atoms with E-state index in [4.69, 9.17) is 0 Å². The molecular weight excluding hydrogens is 224 g/mol. The van der Waals surface area contributed by atoms with Crippen molar-refractivity contribution in [2.24, 2.45) is 0 Å². The summed E-state index contributed by atoms with van der Waals surface area (Å²) in [5.74, 6) is -0.829. The van der Waals surface area contributed by atoms with E-state index in [1.807, 2.05) is 0 Å². The van der Waals surface area contributed by atoms with Crippen LogP contribution in [-0.4, -0.2) is 50.2 Å². The molecule has 9 heteroatoms. The van der Waals surface area contributed by atoms with Crippen molar-refractivity contribution in [2.75, 3.05) is 24.9 Å². The second-order valence-electron chi connectivity index (χ2n) is 2.62. The van der Waals surface area contributed by atoms with Crippen LogP contribution in [0, 0.1) is 0 Å². The maximum absolute atomic E-state index is 11.2. The Bertz CT molecular complexity index is 379. The first-order valence-corrected chi connectivity index (χ1v) is 5.06. The molecule has 1 N–H and O–H groups in total. The molecule has 0 spiro atoms. The third-order valence-electron chi connectivity index (χ3n) is 1.57. The van der Waals surface area contributed by atoms with Crippen LogP contribution in [-0.2, 0) is 15.8 Å². The number of H-pyrrole nitrogens is 1. The average Bonchev–Trinajstić information content (AvgIpc) is 2.63. The molecule has 8 nitrogen and oxygen atoms in total. The summed E-state index contributed by atoms with van der Waals surface area (Å²) < 4.78 is 25.3. The quantitative estimate of drug-likeness (QED) is 0.517. The van der Waals surface area contributed by atoms with Gasteiger partial charge in [-0.05, 0) is 11.1 Å². The van der Waals surface area contributed by atoms with Crippen molar-refractivity contribution in [3.8, 4) is 0 Å². The fourth-order valence-electron chi connectivity index (χ4n) is 0.944. The lowest BCUT2D eigenvalue weighted by Gasteiger charge is -2.17. The number of esters is 1. The van der Waals surface area contributed by atoms with Gasteiger partial charge in [-0.15, -0.1) is 10.2 Å². The van der Waals surface area contributed by atoms with E-state index in [1.54, 1.807) is 0 Å². The molecule has 1 heterocycles. The maximum atomic E-state index is 11.2. The van der Waals surface area contributed by atoms with Crippen molar-refractivity contribution in [1.29, 1.82) is 0 Å².